The Morgan fingerprint density at radius 1 is 1.06 bits per heavy atom. The Bertz CT molecular complexity index is 1070. The molecule has 0 bridgehead atoms. The molecule has 3 aliphatic rings. The largest absolute Gasteiger partial charge is 0.480 e. The Hall–Kier alpha value is -2.65. The minimum atomic E-state index is -0.0793. The maximum atomic E-state index is 13.3. The van der Waals surface area contributed by atoms with Crippen LogP contribution in [0.1, 0.15) is 56.6 Å². The van der Waals surface area contributed by atoms with Gasteiger partial charge in [-0.25, -0.2) is 10.4 Å². The first-order chi connectivity index (χ1) is 16.5. The van der Waals surface area contributed by atoms with Gasteiger partial charge in [0.25, 0.3) is 5.56 Å². The van der Waals surface area contributed by atoms with Crippen LogP contribution >= 0.6 is 0 Å². The molecular formula is C25H37N7O2. The van der Waals surface area contributed by atoms with Crippen LogP contribution in [0.2, 0.25) is 0 Å². The van der Waals surface area contributed by atoms with Crippen molar-refractivity contribution < 1.29 is 4.74 Å². The number of nitrogens with zero attached hydrogens (tertiary/aromatic N) is 5. The lowest BCUT2D eigenvalue weighted by atomic mass is 9.82. The van der Waals surface area contributed by atoms with Crippen molar-refractivity contribution >= 4 is 11.6 Å². The third kappa shape index (κ3) is 4.27. The molecular weight excluding hydrogens is 430 g/mol. The zero-order valence-electron chi connectivity index (χ0n) is 20.8. The van der Waals surface area contributed by atoms with Gasteiger partial charge in [0.05, 0.1) is 24.3 Å². The quantitative estimate of drug-likeness (QED) is 0.694. The van der Waals surface area contributed by atoms with E-state index in [4.69, 9.17) is 14.7 Å². The van der Waals surface area contributed by atoms with Gasteiger partial charge < -0.3 is 19.5 Å². The van der Waals surface area contributed by atoms with Crippen molar-refractivity contribution in [2.45, 2.75) is 57.0 Å². The lowest BCUT2D eigenvalue weighted by Crippen LogP contribution is -2.42. The van der Waals surface area contributed by atoms with Crippen molar-refractivity contribution in [2.75, 3.05) is 51.3 Å². The molecule has 0 spiro atoms. The number of ether oxygens (including phenoxy) is 1. The smallest absolute Gasteiger partial charge is 0.258 e. The highest BCUT2D eigenvalue weighted by molar-refractivity contribution is 5.67. The number of fused-ring (bicyclic) bond motifs is 1. The van der Waals surface area contributed by atoms with Crippen molar-refractivity contribution in [2.24, 2.45) is 5.92 Å². The molecule has 1 atom stereocenters. The first kappa shape index (κ1) is 23.1. The number of methoxy groups -OCH3 is 1. The molecule has 1 aliphatic carbocycles. The van der Waals surface area contributed by atoms with E-state index in [0.717, 1.165) is 50.2 Å². The molecule has 9 heteroatoms. The molecule has 9 nitrogen and oxygen atoms in total. The van der Waals surface area contributed by atoms with E-state index in [1.807, 2.05) is 24.2 Å². The average molecular weight is 468 g/mol. The van der Waals surface area contributed by atoms with Crippen LogP contribution < -0.4 is 25.6 Å². The van der Waals surface area contributed by atoms with Crippen LogP contribution in [0.5, 0.6) is 5.88 Å². The van der Waals surface area contributed by atoms with Gasteiger partial charge in [0.2, 0.25) is 5.88 Å². The molecule has 0 radical (unpaired) electrons. The SMILES string of the molecule is COc1nc(N2CCC(N(C)C)CC2)ccc1-c1nc2c(c(=O)[nH]1)C(C1CCCCC1)NN2C. The van der Waals surface area contributed by atoms with Crippen LogP contribution in [0, 0.1) is 5.92 Å². The summed E-state index contributed by atoms with van der Waals surface area (Å²) in [6.07, 6.45) is 8.27. The molecule has 184 valence electrons. The number of hydrogen-bond acceptors (Lipinski definition) is 8. The number of H-pyrrole nitrogens is 1. The summed E-state index contributed by atoms with van der Waals surface area (Å²) in [7, 11) is 7.84. The van der Waals surface area contributed by atoms with Gasteiger partial charge in [0, 0.05) is 26.2 Å². The van der Waals surface area contributed by atoms with E-state index < -0.39 is 0 Å². The van der Waals surface area contributed by atoms with Gasteiger partial charge in [-0.05, 0) is 57.8 Å². The Balaban J connectivity index is 1.42. The highest BCUT2D eigenvalue weighted by Crippen LogP contribution is 2.40. The summed E-state index contributed by atoms with van der Waals surface area (Å²) >= 11 is 0. The lowest BCUT2D eigenvalue weighted by Gasteiger charge is -2.36. The highest BCUT2D eigenvalue weighted by Gasteiger charge is 2.37. The number of anilines is 2. The molecule has 0 amide bonds. The first-order valence-corrected chi connectivity index (χ1v) is 12.6. The van der Waals surface area contributed by atoms with E-state index in [1.54, 1.807) is 7.11 Å². The molecule has 2 aromatic rings. The zero-order chi connectivity index (χ0) is 23.8. The highest BCUT2D eigenvalue weighted by atomic mass is 16.5. The number of rotatable bonds is 5. The number of hydrazine groups is 1. The number of piperidine rings is 1. The van der Waals surface area contributed by atoms with Crippen molar-refractivity contribution in [3.05, 3.63) is 28.0 Å². The normalized spacial score (nSPS) is 21.9. The average Bonchev–Trinajstić information content (AvgIpc) is 3.21. The fourth-order valence-electron chi connectivity index (χ4n) is 5.83. The molecule has 2 aliphatic heterocycles. The van der Waals surface area contributed by atoms with Crippen LogP contribution in [0.25, 0.3) is 11.4 Å². The topological polar surface area (TPSA) is 89.6 Å². The zero-order valence-corrected chi connectivity index (χ0v) is 20.8. The molecule has 2 aromatic heterocycles. The van der Waals surface area contributed by atoms with Gasteiger partial charge in [-0.15, -0.1) is 0 Å². The van der Waals surface area contributed by atoms with Crippen molar-refractivity contribution in [1.29, 1.82) is 0 Å². The van der Waals surface area contributed by atoms with Crippen LogP contribution in [0.4, 0.5) is 11.6 Å². The fourth-order valence-corrected chi connectivity index (χ4v) is 5.83. The summed E-state index contributed by atoms with van der Waals surface area (Å²) in [5.41, 5.74) is 4.87. The summed E-state index contributed by atoms with van der Waals surface area (Å²) < 4.78 is 5.66. The number of aromatic nitrogens is 3. The molecule has 1 saturated carbocycles. The Morgan fingerprint density at radius 3 is 2.47 bits per heavy atom. The monoisotopic (exact) mass is 467 g/mol. The first-order valence-electron chi connectivity index (χ1n) is 12.6. The van der Waals surface area contributed by atoms with Gasteiger partial charge in [0.1, 0.15) is 11.6 Å². The molecule has 1 saturated heterocycles. The van der Waals surface area contributed by atoms with E-state index >= 15 is 0 Å². The Kier molecular flexibility index (Phi) is 6.48. The second-order valence-corrected chi connectivity index (χ2v) is 10.1. The second-order valence-electron chi connectivity index (χ2n) is 10.1. The van der Waals surface area contributed by atoms with Crippen molar-refractivity contribution in [3.63, 3.8) is 0 Å². The number of nitrogens with one attached hydrogen (secondary N) is 2. The molecule has 5 rings (SSSR count). The third-order valence-electron chi connectivity index (χ3n) is 7.83. The molecule has 1 unspecified atom stereocenters. The van der Waals surface area contributed by atoms with Gasteiger partial charge in [-0.1, -0.05) is 19.3 Å². The minimum Gasteiger partial charge on any atom is -0.480 e. The second kappa shape index (κ2) is 9.54. The van der Waals surface area contributed by atoms with Gasteiger partial charge in [-0.3, -0.25) is 9.80 Å². The van der Waals surface area contributed by atoms with Gasteiger partial charge >= 0.3 is 0 Å². The third-order valence-corrected chi connectivity index (χ3v) is 7.83. The number of hydrogen-bond donors (Lipinski definition) is 2. The van der Waals surface area contributed by atoms with Crippen LogP contribution in [-0.4, -0.2) is 67.2 Å². The maximum Gasteiger partial charge on any atom is 0.258 e. The maximum absolute atomic E-state index is 13.3. The van der Waals surface area contributed by atoms with Crippen LogP contribution in [-0.2, 0) is 0 Å². The van der Waals surface area contributed by atoms with Crippen LogP contribution in [0.3, 0.4) is 0 Å². The Labute approximate surface area is 201 Å². The van der Waals surface area contributed by atoms with Crippen molar-refractivity contribution in [3.8, 4) is 17.3 Å². The van der Waals surface area contributed by atoms with Crippen molar-refractivity contribution in [1.82, 2.24) is 25.3 Å². The summed E-state index contributed by atoms with van der Waals surface area (Å²) in [5, 5.41) is 1.90. The predicted molar refractivity (Wildman–Crippen MR) is 134 cm³/mol. The lowest BCUT2D eigenvalue weighted by molar-refractivity contribution is 0.249. The molecule has 0 aromatic carbocycles. The summed E-state index contributed by atoms with van der Waals surface area (Å²) in [6, 6.07) is 4.61. The van der Waals surface area contributed by atoms with Gasteiger partial charge in [-0.2, -0.15) is 4.98 Å². The van der Waals surface area contributed by atoms with E-state index in [-0.39, 0.29) is 11.6 Å². The minimum absolute atomic E-state index is 0.0260. The van der Waals surface area contributed by atoms with E-state index in [1.165, 1.54) is 19.3 Å². The molecule has 34 heavy (non-hydrogen) atoms. The van der Waals surface area contributed by atoms with E-state index in [9.17, 15) is 4.79 Å². The number of aromatic amines is 1. The molecule has 2 fully saturated rings. The number of pyridine rings is 1. The standard InChI is InChI=1S/C25H37N7O2/c1-30(2)17-12-14-32(15-13-17)19-11-10-18(25(26-19)34-4)22-27-23-20(24(33)28-22)21(29-31(23)3)16-8-6-5-7-9-16/h10-11,16-17,21,29H,5-9,12-15H2,1-4H3,(H,27,28,33). The summed E-state index contributed by atoms with van der Waals surface area (Å²) in [4.78, 5) is 30.6. The predicted octanol–water partition coefficient (Wildman–Crippen LogP) is 2.95. The molecule has 2 N–H and O–H groups in total. The summed E-state index contributed by atoms with van der Waals surface area (Å²) in [5.74, 6) is 3.04. The molecule has 4 heterocycles. The Morgan fingerprint density at radius 2 is 1.79 bits per heavy atom. The van der Waals surface area contributed by atoms with E-state index in [2.05, 4.69) is 34.3 Å². The van der Waals surface area contributed by atoms with Crippen LogP contribution in [0.15, 0.2) is 16.9 Å². The van der Waals surface area contributed by atoms with Gasteiger partial charge in [0.15, 0.2) is 5.82 Å². The fraction of sp³-hybridized carbons (Fsp3) is 0.640. The summed E-state index contributed by atoms with van der Waals surface area (Å²) in [6.45, 7) is 1.93. The van der Waals surface area contributed by atoms with E-state index in [0.29, 0.717) is 35.0 Å².